The molecular formula is C6H6N2O. The lowest BCUT2D eigenvalue weighted by molar-refractivity contribution is -0.00551. The summed E-state index contributed by atoms with van der Waals surface area (Å²) in [6, 6.07) is 0. The van der Waals surface area contributed by atoms with Crippen molar-refractivity contribution < 1.29 is 9.90 Å². The first-order chi connectivity index (χ1) is 4.33. The van der Waals surface area contributed by atoms with Gasteiger partial charge in [-0.25, -0.2) is 0 Å². The normalized spacial score (nSPS) is 16.9. The Hall–Kier alpha value is -1.34. The molecule has 0 radical (unpaired) electrons. The van der Waals surface area contributed by atoms with Crippen LogP contribution in [0.1, 0.15) is 6.42 Å². The van der Waals surface area contributed by atoms with Gasteiger partial charge in [0.05, 0.1) is 6.42 Å². The smallest absolute Gasteiger partial charge is 0.296 e. The molecule has 0 saturated heterocycles. The number of nitrogens with zero attached hydrogens (tertiary/aromatic N) is 2. The summed E-state index contributed by atoms with van der Waals surface area (Å²) in [6.07, 6.45) is 5.13. The van der Waals surface area contributed by atoms with Gasteiger partial charge in [0.1, 0.15) is 5.76 Å². The highest BCUT2D eigenvalue weighted by atomic mass is 16.3. The second kappa shape index (κ2) is 2.29. The van der Waals surface area contributed by atoms with E-state index in [1.54, 1.807) is 12.2 Å². The molecule has 1 aliphatic rings. The number of allylic oxidation sites excluding steroid dienone is 3. The van der Waals surface area contributed by atoms with Gasteiger partial charge < -0.3 is 10.6 Å². The van der Waals surface area contributed by atoms with Crippen molar-refractivity contribution in [3.63, 3.8) is 0 Å². The fourth-order valence-corrected chi connectivity index (χ4v) is 0.601. The molecule has 46 valence electrons. The average Bonchev–Trinajstić information content (AvgIpc) is 1.90. The molecule has 9 heavy (non-hydrogen) atoms. The predicted molar refractivity (Wildman–Crippen MR) is 33.1 cm³/mol. The maximum absolute atomic E-state index is 8.76. The third-order valence-electron chi connectivity index (χ3n) is 1.10. The molecule has 1 N–H and O–H groups in total. The molecule has 0 spiro atoms. The summed E-state index contributed by atoms with van der Waals surface area (Å²) in [6.45, 7) is 0. The van der Waals surface area contributed by atoms with Crippen molar-refractivity contribution in [1.82, 2.24) is 0 Å². The first-order valence-corrected chi connectivity index (χ1v) is 2.61. The summed E-state index contributed by atoms with van der Waals surface area (Å²) in [5, 5.41) is 8.76. The molecule has 1 aliphatic carbocycles. The molecule has 0 aromatic carbocycles. The van der Waals surface area contributed by atoms with Crippen LogP contribution in [0.2, 0.25) is 0 Å². The Kier molecular flexibility index (Phi) is 1.47. The molecule has 0 aromatic heterocycles. The SMILES string of the molecule is [N-]=[N+]=C1C=CC(O)=CC1. The number of hydrogen-bond acceptors (Lipinski definition) is 1. The van der Waals surface area contributed by atoms with E-state index < -0.39 is 0 Å². The average molecular weight is 122 g/mol. The Morgan fingerprint density at radius 3 is 2.78 bits per heavy atom. The van der Waals surface area contributed by atoms with Crippen LogP contribution in [0.3, 0.4) is 0 Å². The zero-order valence-electron chi connectivity index (χ0n) is 4.78. The maximum Gasteiger partial charge on any atom is 0.296 e. The highest BCUT2D eigenvalue weighted by Gasteiger charge is 2.05. The van der Waals surface area contributed by atoms with Gasteiger partial charge in [0.2, 0.25) is 0 Å². The number of aliphatic hydroxyl groups is 1. The van der Waals surface area contributed by atoms with E-state index in [0.29, 0.717) is 12.1 Å². The van der Waals surface area contributed by atoms with Crippen LogP contribution in [-0.4, -0.2) is 15.6 Å². The van der Waals surface area contributed by atoms with E-state index in [1.807, 2.05) is 0 Å². The quantitative estimate of drug-likeness (QED) is 0.379. The van der Waals surface area contributed by atoms with E-state index in [4.69, 9.17) is 10.6 Å². The van der Waals surface area contributed by atoms with Crippen molar-refractivity contribution in [3.05, 3.63) is 29.5 Å². The van der Waals surface area contributed by atoms with Crippen LogP contribution in [0.25, 0.3) is 5.53 Å². The van der Waals surface area contributed by atoms with Crippen molar-refractivity contribution in [2.75, 3.05) is 0 Å². The number of rotatable bonds is 0. The van der Waals surface area contributed by atoms with Gasteiger partial charge in [0.15, 0.2) is 0 Å². The molecule has 0 fully saturated rings. The monoisotopic (exact) mass is 122 g/mol. The second-order valence-corrected chi connectivity index (χ2v) is 1.76. The van der Waals surface area contributed by atoms with Crippen LogP contribution < -0.4 is 0 Å². The van der Waals surface area contributed by atoms with Gasteiger partial charge in [-0.05, 0) is 12.2 Å². The Morgan fingerprint density at radius 1 is 1.56 bits per heavy atom. The van der Waals surface area contributed by atoms with Gasteiger partial charge in [-0.3, -0.25) is 0 Å². The molecule has 1 rings (SSSR count). The topological polar surface area (TPSA) is 56.6 Å². The molecule has 0 heterocycles. The minimum atomic E-state index is 0.224. The maximum atomic E-state index is 8.76. The Labute approximate surface area is 52.6 Å². The molecule has 0 amide bonds. The predicted octanol–water partition coefficient (Wildman–Crippen LogP) is 1.06. The van der Waals surface area contributed by atoms with E-state index in [-0.39, 0.29) is 5.76 Å². The molecule has 0 aromatic rings. The zero-order valence-corrected chi connectivity index (χ0v) is 4.78. The summed E-state index contributed by atoms with van der Waals surface area (Å²) in [7, 11) is 0. The van der Waals surface area contributed by atoms with Gasteiger partial charge in [0.25, 0.3) is 5.71 Å². The van der Waals surface area contributed by atoms with E-state index in [1.165, 1.54) is 6.08 Å². The summed E-state index contributed by atoms with van der Waals surface area (Å²) < 4.78 is 0. The lowest BCUT2D eigenvalue weighted by Gasteiger charge is -1.92. The molecule has 3 nitrogen and oxygen atoms in total. The lowest BCUT2D eigenvalue weighted by atomic mass is 10.1. The van der Waals surface area contributed by atoms with Crippen molar-refractivity contribution in [2.45, 2.75) is 6.42 Å². The third-order valence-corrected chi connectivity index (χ3v) is 1.10. The first-order valence-electron chi connectivity index (χ1n) is 2.61. The molecule has 0 unspecified atom stereocenters. The fourth-order valence-electron chi connectivity index (χ4n) is 0.601. The molecule has 0 aliphatic heterocycles. The summed E-state index contributed by atoms with van der Waals surface area (Å²) in [5.41, 5.74) is 8.77. The molecule has 0 saturated carbocycles. The van der Waals surface area contributed by atoms with Crippen molar-refractivity contribution in [2.24, 2.45) is 0 Å². The van der Waals surface area contributed by atoms with Crippen LogP contribution in [0.4, 0.5) is 0 Å². The van der Waals surface area contributed by atoms with E-state index in [2.05, 4.69) is 4.79 Å². The van der Waals surface area contributed by atoms with E-state index in [9.17, 15) is 0 Å². The number of hydrogen-bond donors (Lipinski definition) is 1. The Balaban J connectivity index is 2.81. The molecule has 0 bridgehead atoms. The van der Waals surface area contributed by atoms with Crippen LogP contribution in [0, 0.1) is 0 Å². The molecule has 3 heteroatoms. The molecular weight excluding hydrogens is 116 g/mol. The Bertz CT molecular complexity index is 221. The van der Waals surface area contributed by atoms with Gasteiger partial charge in [-0.1, -0.05) is 0 Å². The van der Waals surface area contributed by atoms with E-state index >= 15 is 0 Å². The second-order valence-electron chi connectivity index (χ2n) is 1.76. The van der Waals surface area contributed by atoms with Crippen LogP contribution in [0.15, 0.2) is 24.0 Å². The molecule has 0 atom stereocenters. The fraction of sp³-hybridized carbons (Fsp3) is 0.167. The van der Waals surface area contributed by atoms with Gasteiger partial charge >= 0.3 is 0 Å². The van der Waals surface area contributed by atoms with Crippen LogP contribution in [-0.2, 0) is 0 Å². The third kappa shape index (κ3) is 1.27. The van der Waals surface area contributed by atoms with Crippen LogP contribution in [0.5, 0.6) is 0 Å². The van der Waals surface area contributed by atoms with Gasteiger partial charge in [-0.15, -0.1) is 0 Å². The van der Waals surface area contributed by atoms with Crippen molar-refractivity contribution >= 4 is 5.71 Å². The van der Waals surface area contributed by atoms with Crippen molar-refractivity contribution in [1.29, 1.82) is 0 Å². The van der Waals surface area contributed by atoms with Gasteiger partial charge in [0, 0.05) is 6.08 Å². The highest BCUT2D eigenvalue weighted by molar-refractivity contribution is 5.92. The minimum Gasteiger partial charge on any atom is -0.508 e. The Morgan fingerprint density at radius 2 is 2.33 bits per heavy atom. The van der Waals surface area contributed by atoms with Crippen LogP contribution >= 0.6 is 0 Å². The number of aliphatic hydroxyl groups excluding tert-OH is 1. The first kappa shape index (κ1) is 5.79. The summed E-state index contributed by atoms with van der Waals surface area (Å²) in [4.78, 5) is 2.96. The zero-order chi connectivity index (χ0) is 6.69. The van der Waals surface area contributed by atoms with E-state index in [0.717, 1.165) is 0 Å². The summed E-state index contributed by atoms with van der Waals surface area (Å²) in [5.74, 6) is 0.224. The lowest BCUT2D eigenvalue weighted by Crippen LogP contribution is -1.97. The van der Waals surface area contributed by atoms with Crippen molar-refractivity contribution in [3.8, 4) is 0 Å². The standard InChI is InChI=1S/C6H6N2O/c7-8-5-1-3-6(9)4-2-5/h1,3-4,9H,2H2. The largest absolute Gasteiger partial charge is 0.508 e. The van der Waals surface area contributed by atoms with Gasteiger partial charge in [-0.2, -0.15) is 4.79 Å². The highest BCUT2D eigenvalue weighted by Crippen LogP contribution is 2.02. The minimum absolute atomic E-state index is 0.224. The summed E-state index contributed by atoms with van der Waals surface area (Å²) >= 11 is 0.